The average molecular weight is 457 g/mol. The lowest BCUT2D eigenvalue weighted by atomic mass is 10.1. The first-order valence-electron chi connectivity index (χ1n) is 9.39. The summed E-state index contributed by atoms with van der Waals surface area (Å²) in [5.74, 6) is -1.26. The molecule has 2 aromatic carbocycles. The molecule has 8 nitrogen and oxygen atoms in total. The quantitative estimate of drug-likeness (QED) is 0.407. The van der Waals surface area contributed by atoms with Gasteiger partial charge < -0.3 is 14.8 Å². The highest BCUT2D eigenvalue weighted by molar-refractivity contribution is 7.80. The van der Waals surface area contributed by atoms with E-state index in [0.29, 0.717) is 22.7 Å². The molecule has 0 aliphatic carbocycles. The molecule has 1 aliphatic heterocycles. The maximum Gasteiger partial charge on any atom is 0.265 e. The van der Waals surface area contributed by atoms with Gasteiger partial charge >= 0.3 is 0 Å². The number of thiocarbonyl (C=S) groups is 1. The number of amides is 3. The highest BCUT2D eigenvalue weighted by Gasteiger charge is 2.35. The number of hydrogen-bond donors (Lipinski definition) is 1. The summed E-state index contributed by atoms with van der Waals surface area (Å²) in [6, 6.07) is 10.1. The summed E-state index contributed by atoms with van der Waals surface area (Å²) in [6.45, 7) is -0.307. The summed E-state index contributed by atoms with van der Waals surface area (Å²) in [7, 11) is 4.42. The predicted molar refractivity (Wildman–Crippen MR) is 120 cm³/mol. The van der Waals surface area contributed by atoms with Crippen molar-refractivity contribution in [2.75, 3.05) is 33.1 Å². The van der Waals surface area contributed by atoms with Crippen molar-refractivity contribution in [3.8, 4) is 11.5 Å². The van der Waals surface area contributed by atoms with Crippen LogP contribution in [0.25, 0.3) is 6.08 Å². The number of nitrogens with zero attached hydrogens (tertiary/aromatic N) is 2. The predicted octanol–water partition coefficient (Wildman–Crippen LogP) is 2.45. The minimum atomic E-state index is -0.505. The number of anilines is 1. The van der Waals surface area contributed by atoms with Gasteiger partial charge in [0.15, 0.2) is 23.2 Å². The Morgan fingerprint density at radius 1 is 1.06 bits per heavy atom. The second-order valence-electron chi connectivity index (χ2n) is 6.82. The summed E-state index contributed by atoms with van der Waals surface area (Å²) < 4.78 is 23.8. The molecular formula is C22H20FN3O5S. The molecule has 32 heavy (non-hydrogen) atoms. The van der Waals surface area contributed by atoms with E-state index in [0.717, 1.165) is 0 Å². The molecule has 1 aliphatic rings. The smallest absolute Gasteiger partial charge is 0.265 e. The van der Waals surface area contributed by atoms with Gasteiger partial charge in [0.1, 0.15) is 11.4 Å². The van der Waals surface area contributed by atoms with Crippen molar-refractivity contribution < 1.29 is 28.2 Å². The summed E-state index contributed by atoms with van der Waals surface area (Å²) in [5, 5.41) is 2.71. The first-order chi connectivity index (χ1) is 15.2. The van der Waals surface area contributed by atoms with Crippen LogP contribution in [0.4, 0.5) is 10.1 Å². The van der Waals surface area contributed by atoms with Crippen LogP contribution in [0.15, 0.2) is 48.0 Å². The topological polar surface area (TPSA) is 88.2 Å². The molecule has 0 saturated carbocycles. The van der Waals surface area contributed by atoms with Crippen LogP contribution in [-0.2, 0) is 14.4 Å². The van der Waals surface area contributed by atoms with Gasteiger partial charge in [0.05, 0.1) is 7.11 Å². The second-order valence-corrected chi connectivity index (χ2v) is 7.19. The molecular weight excluding hydrogens is 437 g/mol. The Morgan fingerprint density at radius 2 is 1.69 bits per heavy atom. The molecule has 166 valence electrons. The number of carbonyl (C=O) groups excluding carboxylic acids is 3. The van der Waals surface area contributed by atoms with Crippen LogP contribution in [0.1, 0.15) is 5.56 Å². The Hall–Kier alpha value is -3.79. The van der Waals surface area contributed by atoms with E-state index in [4.69, 9.17) is 21.7 Å². The van der Waals surface area contributed by atoms with Crippen molar-refractivity contribution in [3.05, 3.63) is 59.4 Å². The zero-order valence-electron chi connectivity index (χ0n) is 17.5. The number of likely N-dealkylation sites (N-methyl/N-ethyl adjacent to an activating group) is 2. The zero-order valence-corrected chi connectivity index (χ0v) is 18.4. The Balaban J connectivity index is 1.73. The van der Waals surface area contributed by atoms with Gasteiger partial charge in [-0.1, -0.05) is 6.07 Å². The average Bonchev–Trinajstić information content (AvgIpc) is 2.79. The SMILES string of the molecule is COc1cc(C=C2C(=O)N(C)C(=S)N(C)C2=O)ccc1OCC(=O)Nc1ccc(F)cc1. The van der Waals surface area contributed by atoms with E-state index in [1.807, 2.05) is 0 Å². The van der Waals surface area contributed by atoms with Gasteiger partial charge in [0.25, 0.3) is 17.7 Å². The molecule has 1 saturated heterocycles. The number of methoxy groups -OCH3 is 1. The molecule has 1 N–H and O–H groups in total. The van der Waals surface area contributed by atoms with Crippen molar-refractivity contribution >= 4 is 46.8 Å². The fraction of sp³-hybridized carbons (Fsp3) is 0.182. The van der Waals surface area contributed by atoms with Crippen LogP contribution in [0.5, 0.6) is 11.5 Å². The van der Waals surface area contributed by atoms with Crippen LogP contribution in [0.2, 0.25) is 0 Å². The molecule has 2 aromatic rings. The number of nitrogens with one attached hydrogen (secondary N) is 1. The third-order valence-corrected chi connectivity index (χ3v) is 5.18. The first kappa shape index (κ1) is 22.9. The monoisotopic (exact) mass is 457 g/mol. The number of carbonyl (C=O) groups is 3. The fourth-order valence-electron chi connectivity index (χ4n) is 2.91. The Kier molecular flexibility index (Phi) is 6.84. The van der Waals surface area contributed by atoms with Gasteiger partial charge in [-0.05, 0) is 60.3 Å². The van der Waals surface area contributed by atoms with Gasteiger partial charge in [-0.25, -0.2) is 4.39 Å². The number of hydrogen-bond acceptors (Lipinski definition) is 6. The summed E-state index contributed by atoms with van der Waals surface area (Å²) in [4.78, 5) is 39.5. The molecule has 1 fully saturated rings. The van der Waals surface area contributed by atoms with Crippen molar-refractivity contribution in [3.63, 3.8) is 0 Å². The maximum atomic E-state index is 13.0. The van der Waals surface area contributed by atoms with Gasteiger partial charge in [0.2, 0.25) is 0 Å². The minimum Gasteiger partial charge on any atom is -0.493 e. The van der Waals surface area contributed by atoms with Crippen LogP contribution >= 0.6 is 12.2 Å². The third kappa shape index (κ3) is 4.92. The molecule has 1 heterocycles. The lowest BCUT2D eigenvalue weighted by Gasteiger charge is -2.31. The third-order valence-electron chi connectivity index (χ3n) is 4.63. The van der Waals surface area contributed by atoms with E-state index in [-0.39, 0.29) is 17.3 Å². The second kappa shape index (κ2) is 9.56. The van der Waals surface area contributed by atoms with Crippen LogP contribution < -0.4 is 14.8 Å². The lowest BCUT2D eigenvalue weighted by Crippen LogP contribution is -2.52. The van der Waals surface area contributed by atoms with Gasteiger partial charge in [-0.3, -0.25) is 24.2 Å². The largest absolute Gasteiger partial charge is 0.493 e. The fourth-order valence-corrected chi connectivity index (χ4v) is 3.07. The van der Waals surface area contributed by atoms with Crippen molar-refractivity contribution in [2.24, 2.45) is 0 Å². The van der Waals surface area contributed by atoms with E-state index in [1.54, 1.807) is 18.2 Å². The minimum absolute atomic E-state index is 0.0435. The number of ether oxygens (including phenoxy) is 2. The van der Waals surface area contributed by atoms with Gasteiger partial charge in [-0.2, -0.15) is 0 Å². The van der Waals surface area contributed by atoms with E-state index in [9.17, 15) is 18.8 Å². The Bertz CT molecular complexity index is 1090. The molecule has 10 heteroatoms. The molecule has 0 bridgehead atoms. The zero-order chi connectivity index (χ0) is 23.4. The summed E-state index contributed by atoms with van der Waals surface area (Å²) >= 11 is 5.07. The van der Waals surface area contributed by atoms with Gasteiger partial charge in [0, 0.05) is 19.8 Å². The summed E-state index contributed by atoms with van der Waals surface area (Å²) in [6.07, 6.45) is 1.44. The van der Waals surface area contributed by atoms with E-state index in [2.05, 4.69) is 5.32 Å². The molecule has 3 amide bonds. The van der Waals surface area contributed by atoms with Crippen molar-refractivity contribution in [1.29, 1.82) is 0 Å². The standard InChI is InChI=1S/C22H20FN3O5S/c1-25-20(28)16(21(29)26(2)22(25)32)10-13-4-9-17(18(11-13)30-3)31-12-19(27)24-15-7-5-14(23)6-8-15/h4-11H,12H2,1-3H3,(H,24,27). The lowest BCUT2D eigenvalue weighted by molar-refractivity contribution is -0.132. The normalized spacial score (nSPS) is 13.9. The maximum absolute atomic E-state index is 13.0. The van der Waals surface area contributed by atoms with E-state index in [1.165, 1.54) is 61.3 Å². The number of rotatable bonds is 6. The van der Waals surface area contributed by atoms with Crippen LogP contribution in [0.3, 0.4) is 0 Å². The molecule has 0 radical (unpaired) electrons. The summed E-state index contributed by atoms with van der Waals surface area (Å²) in [5.41, 5.74) is 0.916. The van der Waals surface area contributed by atoms with Crippen molar-refractivity contribution in [1.82, 2.24) is 9.80 Å². The van der Waals surface area contributed by atoms with Gasteiger partial charge in [-0.15, -0.1) is 0 Å². The Morgan fingerprint density at radius 3 is 2.28 bits per heavy atom. The first-order valence-corrected chi connectivity index (χ1v) is 9.80. The molecule has 0 spiro atoms. The molecule has 3 rings (SSSR count). The highest BCUT2D eigenvalue weighted by atomic mass is 32.1. The molecule has 0 atom stereocenters. The molecule has 0 unspecified atom stereocenters. The molecule has 0 aromatic heterocycles. The van der Waals surface area contributed by atoms with E-state index >= 15 is 0 Å². The van der Waals surface area contributed by atoms with Crippen LogP contribution in [-0.4, -0.2) is 60.4 Å². The Labute approximate surface area is 189 Å². The highest BCUT2D eigenvalue weighted by Crippen LogP contribution is 2.29. The number of halogens is 1. The van der Waals surface area contributed by atoms with E-state index < -0.39 is 23.5 Å². The van der Waals surface area contributed by atoms with Crippen LogP contribution in [0, 0.1) is 5.82 Å². The van der Waals surface area contributed by atoms with Crippen molar-refractivity contribution in [2.45, 2.75) is 0 Å². The number of benzene rings is 2.